The van der Waals surface area contributed by atoms with Crippen LogP contribution in [0.15, 0.2) is 18.2 Å². The summed E-state index contributed by atoms with van der Waals surface area (Å²) in [6, 6.07) is 4.43. The summed E-state index contributed by atoms with van der Waals surface area (Å²) >= 11 is 5.74. The number of rotatable bonds is 4. The molecule has 1 aromatic carbocycles. The smallest absolute Gasteiger partial charge is 0.169 e. The molecule has 0 radical (unpaired) electrons. The summed E-state index contributed by atoms with van der Waals surface area (Å²) in [5.41, 5.74) is -0.138. The number of hydrogen-bond acceptors (Lipinski definition) is 2. The quantitative estimate of drug-likeness (QED) is 0.813. The Morgan fingerprint density at radius 2 is 1.90 bits per heavy atom. The van der Waals surface area contributed by atoms with E-state index in [0.717, 1.165) is 12.8 Å². The molecule has 0 aliphatic heterocycles. The standard InChI is InChI=1S/C17H22ClFO2/c1-16(2)6-8-17(21-3,9-7-16)15(20)10-12-4-5-13(18)11-14(12)19/h4-5,11H,6-10H2,1-3H3. The van der Waals surface area contributed by atoms with Crippen LogP contribution in [-0.4, -0.2) is 18.5 Å². The van der Waals surface area contributed by atoms with Crippen molar-refractivity contribution >= 4 is 17.4 Å². The zero-order valence-electron chi connectivity index (χ0n) is 12.8. The Bertz CT molecular complexity index is 530. The molecule has 0 heterocycles. The molecule has 1 aromatic rings. The molecule has 1 aliphatic carbocycles. The SMILES string of the molecule is COC1(C(=O)Cc2ccc(Cl)cc2F)CCC(C)(C)CC1. The number of benzene rings is 1. The number of methoxy groups -OCH3 is 1. The van der Waals surface area contributed by atoms with E-state index in [4.69, 9.17) is 16.3 Å². The highest BCUT2D eigenvalue weighted by Gasteiger charge is 2.43. The normalized spacial score (nSPS) is 20.2. The number of carbonyl (C=O) groups excluding carboxylic acids is 1. The van der Waals surface area contributed by atoms with Gasteiger partial charge in [0.25, 0.3) is 0 Å². The summed E-state index contributed by atoms with van der Waals surface area (Å²) in [6.45, 7) is 4.41. The molecule has 2 rings (SSSR count). The highest BCUT2D eigenvalue weighted by atomic mass is 35.5. The van der Waals surface area contributed by atoms with E-state index in [9.17, 15) is 9.18 Å². The third-order valence-corrected chi connectivity index (χ3v) is 4.91. The van der Waals surface area contributed by atoms with Gasteiger partial charge in [-0.05, 0) is 48.8 Å². The fourth-order valence-corrected chi connectivity index (χ4v) is 3.09. The van der Waals surface area contributed by atoms with Crippen LogP contribution in [0.3, 0.4) is 0 Å². The molecule has 0 unspecified atom stereocenters. The van der Waals surface area contributed by atoms with Crippen LogP contribution < -0.4 is 0 Å². The van der Waals surface area contributed by atoms with Gasteiger partial charge >= 0.3 is 0 Å². The van der Waals surface area contributed by atoms with Crippen LogP contribution in [0, 0.1) is 11.2 Å². The van der Waals surface area contributed by atoms with Crippen LogP contribution in [0.5, 0.6) is 0 Å². The third-order valence-electron chi connectivity index (χ3n) is 4.68. The van der Waals surface area contributed by atoms with Crippen LogP contribution in [-0.2, 0) is 16.0 Å². The number of ether oxygens (including phenoxy) is 1. The first kappa shape index (κ1) is 16.4. The van der Waals surface area contributed by atoms with Crippen LogP contribution in [0.2, 0.25) is 5.02 Å². The van der Waals surface area contributed by atoms with Crippen molar-refractivity contribution in [1.82, 2.24) is 0 Å². The van der Waals surface area contributed by atoms with E-state index >= 15 is 0 Å². The second-order valence-corrected chi connectivity index (χ2v) is 7.13. The van der Waals surface area contributed by atoms with Gasteiger partial charge in [0.2, 0.25) is 0 Å². The first-order valence-corrected chi connectivity index (χ1v) is 7.68. The minimum absolute atomic E-state index is 0.0401. The van der Waals surface area contributed by atoms with Crippen molar-refractivity contribution in [2.75, 3.05) is 7.11 Å². The van der Waals surface area contributed by atoms with Crippen molar-refractivity contribution in [1.29, 1.82) is 0 Å². The topological polar surface area (TPSA) is 26.3 Å². The predicted octanol–water partition coefficient (Wildman–Crippen LogP) is 4.58. The highest BCUT2D eigenvalue weighted by molar-refractivity contribution is 6.30. The van der Waals surface area contributed by atoms with E-state index in [-0.39, 0.29) is 17.6 Å². The summed E-state index contributed by atoms with van der Waals surface area (Å²) in [4.78, 5) is 12.6. The fourth-order valence-electron chi connectivity index (χ4n) is 2.93. The van der Waals surface area contributed by atoms with Gasteiger partial charge in [0.05, 0.1) is 0 Å². The first-order valence-electron chi connectivity index (χ1n) is 7.30. The van der Waals surface area contributed by atoms with E-state index < -0.39 is 11.4 Å². The molecule has 0 spiro atoms. The van der Waals surface area contributed by atoms with Gasteiger partial charge in [0.1, 0.15) is 11.4 Å². The molecular weight excluding hydrogens is 291 g/mol. The second-order valence-electron chi connectivity index (χ2n) is 6.70. The maximum absolute atomic E-state index is 13.9. The fraction of sp³-hybridized carbons (Fsp3) is 0.588. The Hall–Kier alpha value is -0.930. The Balaban J connectivity index is 2.14. The van der Waals surface area contributed by atoms with Crippen molar-refractivity contribution in [3.63, 3.8) is 0 Å². The summed E-state index contributed by atoms with van der Waals surface area (Å²) in [5.74, 6) is -0.472. The number of ketones is 1. The van der Waals surface area contributed by atoms with Crippen molar-refractivity contribution in [2.24, 2.45) is 5.41 Å². The van der Waals surface area contributed by atoms with Gasteiger partial charge in [0, 0.05) is 18.6 Å². The van der Waals surface area contributed by atoms with Crippen LogP contribution >= 0.6 is 11.6 Å². The van der Waals surface area contributed by atoms with E-state index in [1.54, 1.807) is 19.2 Å². The Morgan fingerprint density at radius 3 is 2.43 bits per heavy atom. The van der Waals surface area contributed by atoms with Crippen molar-refractivity contribution in [2.45, 2.75) is 51.6 Å². The number of Topliss-reactive ketones (excluding diaryl/α,β-unsaturated/α-hetero) is 1. The second kappa shape index (κ2) is 6.05. The average Bonchev–Trinajstić information content (AvgIpc) is 2.42. The molecule has 0 atom stereocenters. The summed E-state index contributed by atoms with van der Waals surface area (Å²) in [6.07, 6.45) is 3.33. The van der Waals surface area contributed by atoms with Crippen molar-refractivity contribution in [3.05, 3.63) is 34.6 Å². The van der Waals surface area contributed by atoms with E-state index in [2.05, 4.69) is 13.8 Å². The highest BCUT2D eigenvalue weighted by Crippen LogP contribution is 2.42. The van der Waals surface area contributed by atoms with Gasteiger partial charge in [-0.15, -0.1) is 0 Å². The van der Waals surface area contributed by atoms with Crippen molar-refractivity contribution in [3.8, 4) is 0 Å². The molecule has 0 N–H and O–H groups in total. The molecule has 1 aliphatic rings. The molecule has 21 heavy (non-hydrogen) atoms. The average molecular weight is 313 g/mol. The maximum Gasteiger partial charge on any atom is 0.169 e. The molecule has 0 bridgehead atoms. The molecule has 4 heteroatoms. The lowest BCUT2D eigenvalue weighted by atomic mass is 9.69. The van der Waals surface area contributed by atoms with Gasteiger partial charge in [0.15, 0.2) is 5.78 Å². The molecule has 1 saturated carbocycles. The molecule has 0 aromatic heterocycles. The Morgan fingerprint density at radius 1 is 1.29 bits per heavy atom. The molecule has 0 saturated heterocycles. The summed E-state index contributed by atoms with van der Waals surface area (Å²) in [5, 5.41) is 0.338. The molecular formula is C17H22ClFO2. The minimum Gasteiger partial charge on any atom is -0.370 e. The monoisotopic (exact) mass is 312 g/mol. The van der Waals surface area contributed by atoms with Crippen LogP contribution in [0.4, 0.5) is 4.39 Å². The Kier molecular flexibility index (Phi) is 4.74. The van der Waals surface area contributed by atoms with E-state index in [0.29, 0.717) is 23.4 Å². The molecule has 2 nitrogen and oxygen atoms in total. The zero-order valence-corrected chi connectivity index (χ0v) is 13.6. The minimum atomic E-state index is -0.762. The van der Waals surface area contributed by atoms with Gasteiger partial charge in [-0.1, -0.05) is 31.5 Å². The lowest BCUT2D eigenvalue weighted by Gasteiger charge is -2.41. The van der Waals surface area contributed by atoms with E-state index in [1.807, 2.05) is 0 Å². The maximum atomic E-state index is 13.9. The number of carbonyl (C=O) groups is 1. The van der Waals surface area contributed by atoms with Crippen molar-refractivity contribution < 1.29 is 13.9 Å². The van der Waals surface area contributed by atoms with Gasteiger partial charge in [-0.2, -0.15) is 0 Å². The van der Waals surface area contributed by atoms with E-state index in [1.165, 1.54) is 6.07 Å². The lowest BCUT2D eigenvalue weighted by Crippen LogP contribution is -2.46. The predicted molar refractivity (Wildman–Crippen MR) is 82.1 cm³/mol. The zero-order chi connectivity index (χ0) is 15.7. The Labute approximate surface area is 130 Å². The molecule has 116 valence electrons. The van der Waals surface area contributed by atoms with Gasteiger partial charge < -0.3 is 4.74 Å². The van der Waals surface area contributed by atoms with Gasteiger partial charge in [-0.25, -0.2) is 4.39 Å². The summed E-state index contributed by atoms with van der Waals surface area (Å²) < 4.78 is 19.4. The number of hydrogen-bond donors (Lipinski definition) is 0. The largest absolute Gasteiger partial charge is 0.370 e. The van der Waals surface area contributed by atoms with Crippen LogP contribution in [0.1, 0.15) is 45.1 Å². The lowest BCUT2D eigenvalue weighted by molar-refractivity contribution is -0.147. The van der Waals surface area contributed by atoms with Crippen LogP contribution in [0.25, 0.3) is 0 Å². The number of halogens is 2. The molecule has 0 amide bonds. The third kappa shape index (κ3) is 3.64. The molecule has 1 fully saturated rings. The van der Waals surface area contributed by atoms with Gasteiger partial charge in [-0.3, -0.25) is 4.79 Å². The summed E-state index contributed by atoms with van der Waals surface area (Å²) in [7, 11) is 1.58. The first-order chi connectivity index (χ1) is 9.78.